The van der Waals surface area contributed by atoms with Gasteiger partial charge < -0.3 is 9.32 Å². The zero-order valence-electron chi connectivity index (χ0n) is 13.9. The van der Waals surface area contributed by atoms with Crippen LogP contribution < -0.4 is 10.2 Å². The summed E-state index contributed by atoms with van der Waals surface area (Å²) in [6.07, 6.45) is 6.05. The topological polar surface area (TPSA) is 82.9 Å². The number of imide groups is 2. The molecular formula is C17H21N3O4. The molecule has 1 aliphatic carbocycles. The van der Waals surface area contributed by atoms with E-state index in [-0.39, 0.29) is 11.6 Å². The lowest BCUT2D eigenvalue weighted by molar-refractivity contribution is -0.132. The molecule has 4 amide bonds. The summed E-state index contributed by atoms with van der Waals surface area (Å²) >= 11 is 0. The van der Waals surface area contributed by atoms with Gasteiger partial charge >= 0.3 is 6.03 Å². The Balaban J connectivity index is 1.88. The molecule has 7 heteroatoms. The van der Waals surface area contributed by atoms with Gasteiger partial charge in [0.2, 0.25) is 0 Å². The van der Waals surface area contributed by atoms with E-state index in [2.05, 4.69) is 5.32 Å². The van der Waals surface area contributed by atoms with Gasteiger partial charge in [-0.3, -0.25) is 19.8 Å². The van der Waals surface area contributed by atoms with E-state index < -0.39 is 17.8 Å². The van der Waals surface area contributed by atoms with Crippen LogP contribution in [0.1, 0.15) is 37.9 Å². The highest BCUT2D eigenvalue weighted by atomic mass is 16.4. The number of carbonyl (C=O) groups excluding carboxylic acids is 3. The molecule has 24 heavy (non-hydrogen) atoms. The SMILES string of the molecule is CN(C)c1ccc(C=C2C(=O)NC(=O)N(C3CCCCC3)C2=O)o1. The van der Waals surface area contributed by atoms with Crippen LogP contribution in [0.5, 0.6) is 0 Å². The number of amides is 4. The van der Waals surface area contributed by atoms with Crippen LogP contribution >= 0.6 is 0 Å². The first kappa shape index (κ1) is 16.3. The number of barbiturate groups is 1. The van der Waals surface area contributed by atoms with E-state index in [4.69, 9.17) is 4.42 Å². The minimum Gasteiger partial charge on any atom is -0.441 e. The molecule has 128 valence electrons. The van der Waals surface area contributed by atoms with Gasteiger partial charge in [0.15, 0.2) is 5.88 Å². The van der Waals surface area contributed by atoms with Gasteiger partial charge in [-0.1, -0.05) is 19.3 Å². The van der Waals surface area contributed by atoms with E-state index in [0.29, 0.717) is 11.6 Å². The Morgan fingerprint density at radius 3 is 2.50 bits per heavy atom. The van der Waals surface area contributed by atoms with Crippen molar-refractivity contribution in [2.24, 2.45) is 0 Å². The Kier molecular flexibility index (Phi) is 4.42. The zero-order chi connectivity index (χ0) is 17.3. The number of anilines is 1. The number of furan rings is 1. The molecule has 1 N–H and O–H groups in total. The van der Waals surface area contributed by atoms with Crippen molar-refractivity contribution in [1.82, 2.24) is 10.2 Å². The van der Waals surface area contributed by atoms with Crippen LogP contribution in [0.4, 0.5) is 10.7 Å². The number of nitrogens with zero attached hydrogens (tertiary/aromatic N) is 2. The Bertz CT molecular complexity index is 698. The minimum absolute atomic E-state index is 0.0696. The Morgan fingerprint density at radius 2 is 1.88 bits per heavy atom. The lowest BCUT2D eigenvalue weighted by Crippen LogP contribution is -2.58. The maximum atomic E-state index is 12.7. The average molecular weight is 331 g/mol. The lowest BCUT2D eigenvalue weighted by atomic mass is 9.93. The highest BCUT2D eigenvalue weighted by Crippen LogP contribution is 2.27. The van der Waals surface area contributed by atoms with Crippen LogP contribution in [0, 0.1) is 0 Å². The summed E-state index contributed by atoms with van der Waals surface area (Å²) in [6, 6.07) is 2.67. The van der Waals surface area contributed by atoms with Crippen LogP contribution in [-0.2, 0) is 9.59 Å². The van der Waals surface area contributed by atoms with Crippen molar-refractivity contribution in [1.29, 1.82) is 0 Å². The molecule has 0 radical (unpaired) electrons. The summed E-state index contributed by atoms with van der Waals surface area (Å²) in [7, 11) is 3.66. The molecule has 1 aliphatic heterocycles. The first-order chi connectivity index (χ1) is 11.5. The van der Waals surface area contributed by atoms with Crippen molar-refractivity contribution < 1.29 is 18.8 Å². The second-order valence-electron chi connectivity index (χ2n) is 6.35. The Hall–Kier alpha value is -2.57. The standard InChI is InChI=1S/C17H21N3O4/c1-19(2)14-9-8-12(24-14)10-13-15(21)18-17(23)20(16(13)22)11-6-4-3-5-7-11/h8-11H,3-7H2,1-2H3,(H,18,21,23). The van der Waals surface area contributed by atoms with Gasteiger partial charge in [-0.15, -0.1) is 0 Å². The van der Waals surface area contributed by atoms with E-state index >= 15 is 0 Å². The molecule has 7 nitrogen and oxygen atoms in total. The fourth-order valence-electron chi connectivity index (χ4n) is 3.14. The first-order valence-electron chi connectivity index (χ1n) is 8.15. The quantitative estimate of drug-likeness (QED) is 0.678. The maximum Gasteiger partial charge on any atom is 0.331 e. The minimum atomic E-state index is -0.681. The number of hydrogen-bond donors (Lipinski definition) is 1. The summed E-state index contributed by atoms with van der Waals surface area (Å²) in [6.45, 7) is 0. The fraction of sp³-hybridized carbons (Fsp3) is 0.471. The smallest absolute Gasteiger partial charge is 0.331 e. The molecule has 3 rings (SSSR count). The summed E-state index contributed by atoms with van der Waals surface area (Å²) in [5, 5.41) is 2.26. The summed E-state index contributed by atoms with van der Waals surface area (Å²) in [5.74, 6) is -0.209. The highest BCUT2D eigenvalue weighted by Gasteiger charge is 2.40. The maximum absolute atomic E-state index is 12.7. The van der Waals surface area contributed by atoms with Gasteiger partial charge in [0.05, 0.1) is 0 Å². The third-order valence-electron chi connectivity index (χ3n) is 4.41. The van der Waals surface area contributed by atoms with Crippen molar-refractivity contribution in [3.05, 3.63) is 23.5 Å². The predicted molar refractivity (Wildman–Crippen MR) is 88.3 cm³/mol. The Labute approximate surface area is 140 Å². The van der Waals surface area contributed by atoms with Crippen molar-refractivity contribution in [3.63, 3.8) is 0 Å². The van der Waals surface area contributed by atoms with Crippen LogP contribution in [0.15, 0.2) is 22.1 Å². The molecule has 1 saturated heterocycles. The third kappa shape index (κ3) is 3.06. The monoisotopic (exact) mass is 331 g/mol. The molecule has 1 aromatic rings. The third-order valence-corrected chi connectivity index (χ3v) is 4.41. The normalized spacial score (nSPS) is 21.3. The van der Waals surface area contributed by atoms with Crippen LogP contribution in [0.25, 0.3) is 6.08 Å². The van der Waals surface area contributed by atoms with Crippen molar-refractivity contribution in [3.8, 4) is 0 Å². The van der Waals surface area contributed by atoms with Crippen molar-refractivity contribution in [2.45, 2.75) is 38.1 Å². The van der Waals surface area contributed by atoms with Gasteiger partial charge in [0.1, 0.15) is 11.3 Å². The second-order valence-corrected chi connectivity index (χ2v) is 6.35. The van der Waals surface area contributed by atoms with E-state index in [1.165, 1.54) is 11.0 Å². The average Bonchev–Trinajstić information content (AvgIpc) is 3.01. The van der Waals surface area contributed by atoms with Crippen LogP contribution in [0.2, 0.25) is 0 Å². The summed E-state index contributed by atoms with van der Waals surface area (Å²) in [5.41, 5.74) is -0.0696. The first-order valence-corrected chi connectivity index (χ1v) is 8.15. The van der Waals surface area contributed by atoms with Gasteiger partial charge in [-0.2, -0.15) is 0 Å². The predicted octanol–water partition coefficient (Wildman–Crippen LogP) is 2.14. The molecule has 0 bridgehead atoms. The highest BCUT2D eigenvalue weighted by molar-refractivity contribution is 6.31. The molecule has 1 aromatic heterocycles. The molecule has 2 fully saturated rings. The largest absolute Gasteiger partial charge is 0.441 e. The molecular weight excluding hydrogens is 310 g/mol. The van der Waals surface area contributed by atoms with Gasteiger partial charge in [0, 0.05) is 26.2 Å². The number of nitrogens with one attached hydrogen (secondary N) is 1. The fourth-order valence-corrected chi connectivity index (χ4v) is 3.14. The molecule has 0 aromatic carbocycles. The molecule has 1 saturated carbocycles. The lowest BCUT2D eigenvalue weighted by Gasteiger charge is -2.35. The van der Waals surface area contributed by atoms with Crippen LogP contribution in [0.3, 0.4) is 0 Å². The molecule has 2 aliphatic rings. The molecule has 2 heterocycles. The number of rotatable bonds is 3. The van der Waals surface area contributed by atoms with Gasteiger partial charge in [0.25, 0.3) is 11.8 Å². The van der Waals surface area contributed by atoms with E-state index in [0.717, 1.165) is 32.1 Å². The van der Waals surface area contributed by atoms with E-state index in [9.17, 15) is 14.4 Å². The van der Waals surface area contributed by atoms with E-state index in [1.54, 1.807) is 17.0 Å². The van der Waals surface area contributed by atoms with Gasteiger partial charge in [-0.05, 0) is 25.0 Å². The number of carbonyl (C=O) groups is 3. The zero-order valence-corrected chi connectivity index (χ0v) is 13.9. The molecule has 0 unspecified atom stereocenters. The Morgan fingerprint density at radius 1 is 1.17 bits per heavy atom. The molecule has 0 atom stereocenters. The van der Waals surface area contributed by atoms with Crippen LogP contribution in [-0.4, -0.2) is 42.9 Å². The van der Waals surface area contributed by atoms with Crippen molar-refractivity contribution >= 4 is 29.8 Å². The second kappa shape index (κ2) is 6.51. The van der Waals surface area contributed by atoms with Crippen molar-refractivity contribution in [2.75, 3.05) is 19.0 Å². The number of hydrogen-bond acceptors (Lipinski definition) is 5. The van der Waals surface area contributed by atoms with E-state index in [1.807, 2.05) is 14.1 Å². The number of urea groups is 1. The van der Waals surface area contributed by atoms with Gasteiger partial charge in [-0.25, -0.2) is 4.79 Å². The summed E-state index contributed by atoms with van der Waals surface area (Å²) in [4.78, 5) is 39.9. The molecule has 0 spiro atoms. The summed E-state index contributed by atoms with van der Waals surface area (Å²) < 4.78 is 5.57.